The molecule has 23 heavy (non-hydrogen) atoms. The molecule has 0 spiro atoms. The number of nitrogens with zero attached hydrogens (tertiary/aromatic N) is 4. The van der Waals surface area contributed by atoms with E-state index >= 15 is 0 Å². The molecule has 2 aliphatic heterocycles. The van der Waals surface area contributed by atoms with Crippen molar-refractivity contribution in [2.75, 3.05) is 50.7 Å². The molecule has 0 saturated carbocycles. The molecule has 0 aliphatic carbocycles. The highest BCUT2D eigenvalue weighted by Crippen LogP contribution is 2.13. The molecule has 2 saturated heterocycles. The van der Waals surface area contributed by atoms with Crippen molar-refractivity contribution in [3.05, 3.63) is 24.4 Å². The summed E-state index contributed by atoms with van der Waals surface area (Å²) in [4.78, 5) is 23.5. The predicted octanol–water partition coefficient (Wildman–Crippen LogP) is 0.412. The molecule has 126 valence electrons. The summed E-state index contributed by atoms with van der Waals surface area (Å²) in [6, 6.07) is 6.76. The van der Waals surface area contributed by atoms with Gasteiger partial charge in [-0.3, -0.25) is 9.69 Å². The molecule has 0 radical (unpaired) electrons. The summed E-state index contributed by atoms with van der Waals surface area (Å²) in [5.41, 5.74) is 0. The van der Waals surface area contributed by atoms with Crippen LogP contribution in [0.2, 0.25) is 0 Å². The van der Waals surface area contributed by atoms with E-state index in [-0.39, 0.29) is 5.91 Å². The second-order valence-corrected chi connectivity index (χ2v) is 6.72. The van der Waals surface area contributed by atoms with Crippen LogP contribution in [0.1, 0.15) is 13.8 Å². The van der Waals surface area contributed by atoms with Gasteiger partial charge < -0.3 is 15.1 Å². The first-order chi connectivity index (χ1) is 11.1. The van der Waals surface area contributed by atoms with E-state index in [2.05, 4.69) is 33.9 Å². The van der Waals surface area contributed by atoms with Crippen molar-refractivity contribution < 1.29 is 4.79 Å². The monoisotopic (exact) mass is 317 g/mol. The third-order valence-electron chi connectivity index (χ3n) is 4.61. The van der Waals surface area contributed by atoms with Crippen molar-refractivity contribution in [3.8, 4) is 0 Å². The van der Waals surface area contributed by atoms with Gasteiger partial charge >= 0.3 is 0 Å². The molecule has 2 fully saturated rings. The maximum absolute atomic E-state index is 12.5. The van der Waals surface area contributed by atoms with E-state index in [1.807, 2.05) is 29.3 Å². The minimum absolute atomic E-state index is 0.261. The first-order valence-corrected chi connectivity index (χ1v) is 8.54. The van der Waals surface area contributed by atoms with Gasteiger partial charge in [-0.25, -0.2) is 4.98 Å². The molecule has 6 heteroatoms. The Balaban J connectivity index is 1.48. The lowest BCUT2D eigenvalue weighted by atomic mass is 10.1. The highest BCUT2D eigenvalue weighted by molar-refractivity contribution is 5.78. The molecule has 0 bridgehead atoms. The van der Waals surface area contributed by atoms with Gasteiger partial charge in [0.05, 0.1) is 6.54 Å². The molecule has 3 heterocycles. The molecule has 6 nitrogen and oxygen atoms in total. The van der Waals surface area contributed by atoms with Gasteiger partial charge in [0, 0.05) is 57.5 Å². The molecular weight excluding hydrogens is 290 g/mol. The molecule has 3 rings (SSSR count). The third kappa shape index (κ3) is 4.20. The van der Waals surface area contributed by atoms with Crippen LogP contribution < -0.4 is 10.2 Å². The first kappa shape index (κ1) is 16.2. The summed E-state index contributed by atoms with van der Waals surface area (Å²) >= 11 is 0. The van der Waals surface area contributed by atoms with Crippen LogP contribution >= 0.6 is 0 Å². The van der Waals surface area contributed by atoms with Gasteiger partial charge in [0.2, 0.25) is 5.91 Å². The summed E-state index contributed by atoms with van der Waals surface area (Å²) in [6.07, 6.45) is 1.83. The van der Waals surface area contributed by atoms with Crippen LogP contribution in [-0.4, -0.2) is 78.6 Å². The average Bonchev–Trinajstić information content (AvgIpc) is 2.55. The topological polar surface area (TPSA) is 51.7 Å². The number of hydrogen-bond acceptors (Lipinski definition) is 5. The smallest absolute Gasteiger partial charge is 0.236 e. The standard InChI is InChI=1S/C17H27N5O/c1-14-11-22(12-15(2)19-14)17(23)13-20-7-9-21(10-8-20)16-5-3-4-6-18-16/h3-6,14-15,19H,7-13H2,1-2H3. The lowest BCUT2D eigenvalue weighted by Gasteiger charge is -2.39. The normalized spacial score (nSPS) is 26.3. The van der Waals surface area contributed by atoms with Crippen molar-refractivity contribution in [1.82, 2.24) is 20.1 Å². The Morgan fingerprint density at radius 2 is 1.87 bits per heavy atom. The molecular formula is C17H27N5O. The number of hydrogen-bond donors (Lipinski definition) is 1. The number of carbonyl (C=O) groups is 1. The fourth-order valence-corrected chi connectivity index (χ4v) is 3.50. The zero-order valence-electron chi connectivity index (χ0n) is 14.1. The van der Waals surface area contributed by atoms with Crippen LogP contribution in [0.3, 0.4) is 0 Å². The second kappa shape index (κ2) is 7.27. The number of carbonyl (C=O) groups excluding carboxylic acids is 1. The predicted molar refractivity (Wildman–Crippen MR) is 91.5 cm³/mol. The molecule has 2 atom stereocenters. The van der Waals surface area contributed by atoms with Gasteiger partial charge in [-0.2, -0.15) is 0 Å². The lowest BCUT2D eigenvalue weighted by Crippen LogP contribution is -2.58. The zero-order chi connectivity index (χ0) is 16.2. The maximum atomic E-state index is 12.5. The Morgan fingerprint density at radius 1 is 1.17 bits per heavy atom. The first-order valence-electron chi connectivity index (χ1n) is 8.54. The van der Waals surface area contributed by atoms with Crippen LogP contribution in [0.5, 0.6) is 0 Å². The van der Waals surface area contributed by atoms with E-state index in [4.69, 9.17) is 0 Å². The Kier molecular flexibility index (Phi) is 5.13. The number of anilines is 1. The fraction of sp³-hybridized carbons (Fsp3) is 0.647. The fourth-order valence-electron chi connectivity index (χ4n) is 3.50. The highest BCUT2D eigenvalue weighted by atomic mass is 16.2. The number of nitrogens with one attached hydrogen (secondary N) is 1. The maximum Gasteiger partial charge on any atom is 0.236 e. The van der Waals surface area contributed by atoms with E-state index < -0.39 is 0 Å². The molecule has 2 aliphatic rings. The van der Waals surface area contributed by atoms with E-state index in [9.17, 15) is 4.79 Å². The van der Waals surface area contributed by atoms with Gasteiger partial charge in [-0.15, -0.1) is 0 Å². The van der Waals surface area contributed by atoms with Crippen LogP contribution in [0.15, 0.2) is 24.4 Å². The summed E-state index contributed by atoms with van der Waals surface area (Å²) in [7, 11) is 0. The molecule has 1 aromatic heterocycles. The SMILES string of the molecule is CC1CN(C(=O)CN2CCN(c3ccccn3)CC2)CC(C)N1. The van der Waals surface area contributed by atoms with Crippen LogP contribution in [0, 0.1) is 0 Å². The Morgan fingerprint density at radius 3 is 2.48 bits per heavy atom. The van der Waals surface area contributed by atoms with Crippen molar-refractivity contribution in [1.29, 1.82) is 0 Å². The summed E-state index contributed by atoms with van der Waals surface area (Å²) in [5, 5.41) is 3.47. The van der Waals surface area contributed by atoms with Crippen LogP contribution in [0.25, 0.3) is 0 Å². The van der Waals surface area contributed by atoms with E-state index in [0.717, 1.165) is 45.1 Å². The second-order valence-electron chi connectivity index (χ2n) is 6.72. The highest BCUT2D eigenvalue weighted by Gasteiger charge is 2.27. The van der Waals surface area contributed by atoms with Crippen LogP contribution in [-0.2, 0) is 4.79 Å². The summed E-state index contributed by atoms with van der Waals surface area (Å²) in [6.45, 7) is 10.1. The molecule has 1 N–H and O–H groups in total. The van der Waals surface area contributed by atoms with E-state index in [1.165, 1.54) is 0 Å². The number of pyridine rings is 1. The van der Waals surface area contributed by atoms with Gasteiger partial charge in [-0.1, -0.05) is 6.07 Å². The average molecular weight is 317 g/mol. The number of amides is 1. The largest absolute Gasteiger partial charge is 0.354 e. The van der Waals surface area contributed by atoms with Crippen molar-refractivity contribution in [3.63, 3.8) is 0 Å². The lowest BCUT2D eigenvalue weighted by molar-refractivity contribution is -0.134. The van der Waals surface area contributed by atoms with Gasteiger partial charge in [0.25, 0.3) is 0 Å². The molecule has 1 aromatic rings. The van der Waals surface area contributed by atoms with E-state index in [1.54, 1.807) is 0 Å². The van der Waals surface area contributed by atoms with Crippen molar-refractivity contribution >= 4 is 11.7 Å². The number of aromatic nitrogens is 1. The Bertz CT molecular complexity index is 505. The molecule has 1 amide bonds. The minimum Gasteiger partial charge on any atom is -0.354 e. The summed E-state index contributed by atoms with van der Waals surface area (Å²) in [5.74, 6) is 1.29. The van der Waals surface area contributed by atoms with Crippen molar-refractivity contribution in [2.24, 2.45) is 0 Å². The minimum atomic E-state index is 0.261. The quantitative estimate of drug-likeness (QED) is 0.875. The third-order valence-corrected chi connectivity index (χ3v) is 4.61. The van der Waals surface area contributed by atoms with Gasteiger partial charge in [-0.05, 0) is 26.0 Å². The molecule has 0 aromatic carbocycles. The number of rotatable bonds is 3. The summed E-state index contributed by atoms with van der Waals surface area (Å²) < 4.78 is 0. The van der Waals surface area contributed by atoms with E-state index in [0.29, 0.717) is 18.6 Å². The van der Waals surface area contributed by atoms with Crippen LogP contribution in [0.4, 0.5) is 5.82 Å². The van der Waals surface area contributed by atoms with Gasteiger partial charge in [0.15, 0.2) is 0 Å². The van der Waals surface area contributed by atoms with Gasteiger partial charge in [0.1, 0.15) is 5.82 Å². The van der Waals surface area contributed by atoms with Crippen molar-refractivity contribution in [2.45, 2.75) is 25.9 Å². The Hall–Kier alpha value is -1.66. The number of piperazine rings is 2. The molecule has 2 unspecified atom stereocenters. The Labute approximate surface area is 138 Å². The zero-order valence-corrected chi connectivity index (χ0v) is 14.1.